The second-order valence-electron chi connectivity index (χ2n) is 5.95. The number of nitrogens with zero attached hydrogens (tertiary/aromatic N) is 4. The molecule has 1 aliphatic heterocycles. The molecule has 0 unspecified atom stereocenters. The molecule has 0 saturated carbocycles. The van der Waals surface area contributed by atoms with E-state index in [1.54, 1.807) is 23.7 Å². The lowest BCUT2D eigenvalue weighted by molar-refractivity contribution is 0.0842. The van der Waals surface area contributed by atoms with E-state index < -0.39 is 0 Å². The first kappa shape index (κ1) is 16.3. The quantitative estimate of drug-likeness (QED) is 0.904. The lowest BCUT2D eigenvalue weighted by atomic mass is 9.97. The van der Waals surface area contributed by atoms with E-state index in [9.17, 15) is 4.79 Å². The van der Waals surface area contributed by atoms with E-state index in [4.69, 9.17) is 10.00 Å². The van der Waals surface area contributed by atoms with Gasteiger partial charge in [0.1, 0.15) is 17.5 Å². The van der Waals surface area contributed by atoms with Crippen LogP contribution in [-0.2, 0) is 18.3 Å². The highest BCUT2D eigenvalue weighted by Gasteiger charge is 2.31. The van der Waals surface area contributed by atoms with Crippen molar-refractivity contribution in [1.82, 2.24) is 19.7 Å². The molecule has 1 amide bonds. The van der Waals surface area contributed by atoms with Crippen LogP contribution in [-0.4, -0.2) is 33.4 Å². The molecule has 126 valence electrons. The number of nitriles is 1. The van der Waals surface area contributed by atoms with Gasteiger partial charge in [-0.1, -0.05) is 0 Å². The number of hydrogen-bond acceptors (Lipinski definition) is 4. The summed E-state index contributed by atoms with van der Waals surface area (Å²) in [6.45, 7) is 4.08. The SMILES string of the molecule is CCn1cc([C@@H]2OCC[C@H]2CNC(=O)c2ccc(C#N)n2C)cn1. The average Bonchev–Trinajstić information content (AvgIpc) is 3.31. The zero-order chi connectivity index (χ0) is 17.1. The van der Waals surface area contributed by atoms with Crippen molar-refractivity contribution in [2.24, 2.45) is 13.0 Å². The molecule has 0 bridgehead atoms. The van der Waals surface area contributed by atoms with Crippen molar-refractivity contribution in [1.29, 1.82) is 5.26 Å². The highest BCUT2D eigenvalue weighted by molar-refractivity contribution is 5.93. The highest BCUT2D eigenvalue weighted by Crippen LogP contribution is 2.33. The molecule has 3 rings (SSSR count). The van der Waals surface area contributed by atoms with E-state index in [2.05, 4.69) is 16.5 Å². The van der Waals surface area contributed by atoms with Gasteiger partial charge in [-0.3, -0.25) is 9.48 Å². The van der Waals surface area contributed by atoms with Crippen molar-refractivity contribution in [2.45, 2.75) is 26.0 Å². The predicted molar refractivity (Wildman–Crippen MR) is 87.2 cm³/mol. The van der Waals surface area contributed by atoms with Crippen molar-refractivity contribution in [3.05, 3.63) is 41.5 Å². The minimum Gasteiger partial charge on any atom is -0.373 e. The Hall–Kier alpha value is -2.59. The summed E-state index contributed by atoms with van der Waals surface area (Å²) < 4.78 is 9.32. The van der Waals surface area contributed by atoms with Crippen LogP contribution in [0, 0.1) is 17.2 Å². The van der Waals surface area contributed by atoms with Gasteiger partial charge in [0.15, 0.2) is 0 Å². The van der Waals surface area contributed by atoms with Crippen molar-refractivity contribution < 1.29 is 9.53 Å². The van der Waals surface area contributed by atoms with Gasteiger partial charge in [-0.15, -0.1) is 0 Å². The number of hydrogen-bond donors (Lipinski definition) is 1. The summed E-state index contributed by atoms with van der Waals surface area (Å²) in [7, 11) is 1.72. The Morgan fingerprint density at radius 1 is 1.54 bits per heavy atom. The summed E-state index contributed by atoms with van der Waals surface area (Å²) in [5.41, 5.74) is 2.01. The van der Waals surface area contributed by atoms with E-state index in [0.29, 0.717) is 24.5 Å². The van der Waals surface area contributed by atoms with Gasteiger partial charge in [0.25, 0.3) is 5.91 Å². The molecule has 24 heavy (non-hydrogen) atoms. The molecule has 7 heteroatoms. The standard InChI is InChI=1S/C17H21N5O2/c1-3-22-11-13(10-20-22)16-12(6-7-24-16)9-19-17(23)15-5-4-14(8-18)21(15)2/h4-5,10-12,16H,3,6-7,9H2,1-2H3,(H,19,23)/t12-,16+/m0/s1. The zero-order valence-electron chi connectivity index (χ0n) is 13.9. The van der Waals surface area contributed by atoms with Crippen LogP contribution in [0.1, 0.15) is 41.2 Å². The number of amides is 1. The van der Waals surface area contributed by atoms with Gasteiger partial charge in [0.2, 0.25) is 0 Å². The fourth-order valence-corrected chi connectivity index (χ4v) is 3.08. The lowest BCUT2D eigenvalue weighted by Gasteiger charge is -2.18. The molecular weight excluding hydrogens is 306 g/mol. The number of ether oxygens (including phenoxy) is 1. The molecule has 2 atom stereocenters. The maximum absolute atomic E-state index is 12.3. The van der Waals surface area contributed by atoms with Gasteiger partial charge in [-0.25, -0.2) is 0 Å². The van der Waals surface area contributed by atoms with Crippen LogP contribution in [0.25, 0.3) is 0 Å². The monoisotopic (exact) mass is 327 g/mol. The van der Waals surface area contributed by atoms with Crippen LogP contribution in [0.4, 0.5) is 0 Å². The van der Waals surface area contributed by atoms with Crippen LogP contribution < -0.4 is 5.32 Å². The lowest BCUT2D eigenvalue weighted by Crippen LogP contribution is -2.31. The second kappa shape index (κ2) is 6.89. The molecule has 2 aromatic heterocycles. The number of carbonyl (C=O) groups is 1. The number of rotatable bonds is 5. The van der Waals surface area contributed by atoms with Crippen molar-refractivity contribution in [3.8, 4) is 6.07 Å². The predicted octanol–water partition coefficient (Wildman–Crippen LogP) is 1.62. The first-order valence-electron chi connectivity index (χ1n) is 8.12. The molecule has 0 radical (unpaired) electrons. The third-order valence-electron chi connectivity index (χ3n) is 4.51. The van der Waals surface area contributed by atoms with Crippen molar-refractivity contribution >= 4 is 5.91 Å². The Morgan fingerprint density at radius 2 is 2.38 bits per heavy atom. The third-order valence-corrected chi connectivity index (χ3v) is 4.51. The van der Waals surface area contributed by atoms with Crippen molar-refractivity contribution in [3.63, 3.8) is 0 Å². The van der Waals surface area contributed by atoms with E-state index >= 15 is 0 Å². The highest BCUT2D eigenvalue weighted by atomic mass is 16.5. The van der Waals surface area contributed by atoms with E-state index in [1.165, 1.54) is 0 Å². The minimum atomic E-state index is -0.172. The van der Waals surface area contributed by atoms with Gasteiger partial charge >= 0.3 is 0 Å². The Bertz CT molecular complexity index is 770. The number of carbonyl (C=O) groups excluding carboxylic acids is 1. The first-order chi connectivity index (χ1) is 11.6. The fraction of sp³-hybridized carbons (Fsp3) is 0.471. The summed E-state index contributed by atoms with van der Waals surface area (Å²) in [5.74, 6) is 0.0491. The molecule has 7 nitrogen and oxygen atoms in total. The molecule has 1 N–H and O–H groups in total. The second-order valence-corrected chi connectivity index (χ2v) is 5.95. The molecule has 1 aliphatic rings. The van der Waals surface area contributed by atoms with Gasteiger partial charge < -0.3 is 14.6 Å². The van der Waals surface area contributed by atoms with E-state index in [0.717, 1.165) is 18.5 Å². The number of nitrogens with one attached hydrogen (secondary N) is 1. The molecule has 1 saturated heterocycles. The largest absolute Gasteiger partial charge is 0.373 e. The number of aromatic nitrogens is 3. The van der Waals surface area contributed by atoms with Crippen LogP contribution >= 0.6 is 0 Å². The molecule has 3 heterocycles. The number of aryl methyl sites for hydroxylation is 1. The summed E-state index contributed by atoms with van der Waals surface area (Å²) >= 11 is 0. The third kappa shape index (κ3) is 3.05. The van der Waals surface area contributed by atoms with Crippen LogP contribution in [0.5, 0.6) is 0 Å². The van der Waals surface area contributed by atoms with E-state index in [-0.39, 0.29) is 17.9 Å². The summed E-state index contributed by atoms with van der Waals surface area (Å²) in [6, 6.07) is 5.37. The smallest absolute Gasteiger partial charge is 0.267 e. The first-order valence-corrected chi connectivity index (χ1v) is 8.12. The topological polar surface area (TPSA) is 84.9 Å². The molecule has 1 fully saturated rings. The molecule has 0 aromatic carbocycles. The van der Waals surface area contributed by atoms with Crippen LogP contribution in [0.3, 0.4) is 0 Å². The van der Waals surface area contributed by atoms with E-state index in [1.807, 2.05) is 24.0 Å². The maximum atomic E-state index is 12.3. The van der Waals surface area contributed by atoms with Crippen LogP contribution in [0.15, 0.2) is 24.5 Å². The molecule has 0 aliphatic carbocycles. The fourth-order valence-electron chi connectivity index (χ4n) is 3.08. The van der Waals surface area contributed by atoms with Gasteiger partial charge in [-0.05, 0) is 25.5 Å². The van der Waals surface area contributed by atoms with Gasteiger partial charge in [0, 0.05) is 44.4 Å². The summed E-state index contributed by atoms with van der Waals surface area (Å²) in [5, 5.41) is 16.2. The average molecular weight is 327 g/mol. The minimum absolute atomic E-state index is 0.0336. The van der Waals surface area contributed by atoms with Crippen molar-refractivity contribution in [2.75, 3.05) is 13.2 Å². The van der Waals surface area contributed by atoms with Gasteiger partial charge in [-0.2, -0.15) is 10.4 Å². The molecule has 2 aromatic rings. The Balaban J connectivity index is 1.63. The molecular formula is C17H21N5O2. The zero-order valence-corrected chi connectivity index (χ0v) is 13.9. The normalized spacial score (nSPS) is 20.0. The van der Waals surface area contributed by atoms with Crippen LogP contribution in [0.2, 0.25) is 0 Å². The van der Waals surface area contributed by atoms with Gasteiger partial charge in [0.05, 0.1) is 12.3 Å². The molecule has 0 spiro atoms. The Labute approximate surface area is 140 Å². The maximum Gasteiger partial charge on any atom is 0.267 e. The summed E-state index contributed by atoms with van der Waals surface area (Å²) in [6.07, 6.45) is 4.71. The Morgan fingerprint density at radius 3 is 3.04 bits per heavy atom. The summed E-state index contributed by atoms with van der Waals surface area (Å²) in [4.78, 5) is 12.3. The Kier molecular flexibility index (Phi) is 4.67.